The van der Waals surface area contributed by atoms with Gasteiger partial charge in [-0.1, -0.05) is 0 Å². The van der Waals surface area contributed by atoms with Crippen LogP contribution in [0.5, 0.6) is 0 Å². The van der Waals surface area contributed by atoms with Gasteiger partial charge in [0, 0.05) is 86.1 Å². The van der Waals surface area contributed by atoms with E-state index >= 15 is 0 Å². The third kappa shape index (κ3) is 9.47. The molecule has 8 aromatic heterocycles. The fraction of sp³-hybridized carbons (Fsp3) is 0.417. The predicted molar refractivity (Wildman–Crippen MR) is 261 cm³/mol. The second kappa shape index (κ2) is 20.7. The Labute approximate surface area is 405 Å². The lowest BCUT2D eigenvalue weighted by Crippen LogP contribution is -2.42. The van der Waals surface area contributed by atoms with Gasteiger partial charge in [-0.3, -0.25) is 4.79 Å². The molecule has 0 radical (unpaired) electrons. The lowest BCUT2D eigenvalue weighted by Gasteiger charge is -2.24. The quantitative estimate of drug-likeness (QED) is 0.109. The molecule has 0 bridgehead atoms. The summed E-state index contributed by atoms with van der Waals surface area (Å²) in [7, 11) is 3.57. The maximum absolute atomic E-state index is 13.1. The van der Waals surface area contributed by atoms with Crippen molar-refractivity contribution in [3.8, 4) is 22.5 Å². The van der Waals surface area contributed by atoms with Crippen molar-refractivity contribution < 1.29 is 43.9 Å². The molecule has 4 aliphatic heterocycles. The number of rotatable bonds is 9. The van der Waals surface area contributed by atoms with Crippen molar-refractivity contribution in [3.05, 3.63) is 84.7 Å². The van der Waals surface area contributed by atoms with E-state index in [9.17, 15) is 19.8 Å². The Hall–Kier alpha value is -7.12. The topological polar surface area (TPSA) is 290 Å². The SMILES string of the molecule is CNc1cc(-c2cn([C@@H]3CCCOC3)c3ncccc23)nc2c(C(=O)N[C@H]3COC[C@H]3O)cnn12.CNc1cc(-c2cn([C@@H]3CCCOC3)c3ncccc23)nc2c(C(=O)O)cnn12.N[C@H]1COC[C@H]1O. The highest BCUT2D eigenvalue weighted by Crippen LogP contribution is 2.36. The van der Waals surface area contributed by atoms with Crippen LogP contribution in [0.2, 0.25) is 0 Å². The van der Waals surface area contributed by atoms with Crippen LogP contribution in [0.3, 0.4) is 0 Å². The zero-order valence-electron chi connectivity index (χ0n) is 39.2. The van der Waals surface area contributed by atoms with E-state index in [4.69, 9.17) is 34.8 Å². The van der Waals surface area contributed by atoms with Crippen molar-refractivity contribution in [1.82, 2.24) is 53.6 Å². The normalized spacial score (nSPS) is 22.3. The molecule has 8 N–H and O–H groups in total. The van der Waals surface area contributed by atoms with Gasteiger partial charge in [0.15, 0.2) is 11.3 Å². The van der Waals surface area contributed by atoms with Crippen LogP contribution in [0, 0.1) is 0 Å². The number of aliphatic hydroxyl groups excluding tert-OH is 2. The van der Waals surface area contributed by atoms with Crippen LogP contribution in [0.25, 0.3) is 55.9 Å². The number of carbonyl (C=O) groups is 2. The summed E-state index contributed by atoms with van der Waals surface area (Å²) >= 11 is 0. The molecule has 0 aliphatic carbocycles. The van der Waals surface area contributed by atoms with E-state index in [1.54, 1.807) is 31.0 Å². The van der Waals surface area contributed by atoms with E-state index in [0.29, 0.717) is 66.3 Å². The van der Waals surface area contributed by atoms with Crippen molar-refractivity contribution in [1.29, 1.82) is 0 Å². The minimum Gasteiger partial charge on any atom is -0.477 e. The Kier molecular flexibility index (Phi) is 13.9. The minimum atomic E-state index is -1.06. The number of amides is 1. The second-order valence-corrected chi connectivity index (χ2v) is 17.8. The first-order valence-corrected chi connectivity index (χ1v) is 23.6. The van der Waals surface area contributed by atoms with Gasteiger partial charge in [-0.25, -0.2) is 24.7 Å². The summed E-state index contributed by atoms with van der Waals surface area (Å²) in [5.74, 6) is -0.0674. The first kappa shape index (κ1) is 47.6. The molecule has 0 saturated carbocycles. The molecule has 1 amide bonds. The van der Waals surface area contributed by atoms with Gasteiger partial charge < -0.3 is 65.1 Å². The van der Waals surface area contributed by atoms with Crippen molar-refractivity contribution in [3.63, 3.8) is 0 Å². The van der Waals surface area contributed by atoms with Gasteiger partial charge in [0.25, 0.3) is 5.91 Å². The van der Waals surface area contributed by atoms with Gasteiger partial charge in [-0.15, -0.1) is 0 Å². The molecule has 4 aliphatic rings. The van der Waals surface area contributed by atoms with Crippen LogP contribution in [0.15, 0.2) is 73.6 Å². The van der Waals surface area contributed by atoms with E-state index in [1.807, 2.05) is 42.6 Å². The van der Waals surface area contributed by atoms with Crippen molar-refractivity contribution in [2.45, 2.75) is 62.1 Å². The third-order valence-corrected chi connectivity index (χ3v) is 13.2. The largest absolute Gasteiger partial charge is 0.477 e. The van der Waals surface area contributed by atoms with E-state index < -0.39 is 24.2 Å². The number of nitrogens with zero attached hydrogens (tertiary/aromatic N) is 10. The number of pyridine rings is 2. The van der Waals surface area contributed by atoms with Crippen LogP contribution >= 0.6 is 0 Å². The number of nitrogens with two attached hydrogens (primary N) is 1. The number of aliphatic hydroxyl groups is 2. The Balaban J connectivity index is 0.000000146. The molecule has 71 heavy (non-hydrogen) atoms. The van der Waals surface area contributed by atoms with Gasteiger partial charge in [0.1, 0.15) is 34.1 Å². The second-order valence-electron chi connectivity index (χ2n) is 17.8. The van der Waals surface area contributed by atoms with Gasteiger partial charge in [0.05, 0.1) is 99.8 Å². The fourth-order valence-corrected chi connectivity index (χ4v) is 9.37. The molecule has 372 valence electrons. The monoisotopic (exact) mass is 972 g/mol. The predicted octanol–water partition coefficient (Wildman–Crippen LogP) is 3.17. The number of carboxylic acids is 1. The van der Waals surface area contributed by atoms with E-state index in [1.165, 1.54) is 16.9 Å². The lowest BCUT2D eigenvalue weighted by molar-refractivity contribution is 0.0605. The summed E-state index contributed by atoms with van der Waals surface area (Å²) in [5, 5.41) is 47.8. The highest BCUT2D eigenvalue weighted by molar-refractivity contribution is 6.01. The molecule has 12 rings (SSSR count). The van der Waals surface area contributed by atoms with Crippen LogP contribution in [-0.2, 0) is 18.9 Å². The summed E-state index contributed by atoms with van der Waals surface area (Å²) in [6.07, 6.45) is 13.4. The van der Waals surface area contributed by atoms with E-state index in [2.05, 4.69) is 56.4 Å². The molecule has 23 heteroatoms. The first-order valence-electron chi connectivity index (χ1n) is 23.6. The van der Waals surface area contributed by atoms with Crippen molar-refractivity contribution in [2.75, 3.05) is 77.6 Å². The number of carboxylic acid groups (broad SMARTS) is 1. The maximum Gasteiger partial charge on any atom is 0.341 e. The molecule has 4 fully saturated rings. The lowest BCUT2D eigenvalue weighted by atomic mass is 10.1. The van der Waals surface area contributed by atoms with Crippen molar-refractivity contribution >= 4 is 56.9 Å². The number of anilines is 2. The molecule has 0 spiro atoms. The summed E-state index contributed by atoms with van der Waals surface area (Å²) in [6.45, 7) is 4.26. The zero-order valence-corrected chi connectivity index (χ0v) is 39.2. The maximum atomic E-state index is 13.1. The molecule has 23 nitrogen and oxygen atoms in total. The zero-order chi connectivity index (χ0) is 49.2. The van der Waals surface area contributed by atoms with Crippen molar-refractivity contribution in [2.24, 2.45) is 5.73 Å². The van der Waals surface area contributed by atoms with Crippen LogP contribution < -0.4 is 21.7 Å². The molecular weight excluding hydrogens is 917 g/mol. The molecule has 8 aromatic rings. The molecule has 4 saturated heterocycles. The number of ether oxygens (including phenoxy) is 4. The number of aromatic nitrogens is 10. The van der Waals surface area contributed by atoms with E-state index in [0.717, 1.165) is 72.1 Å². The Morgan fingerprint density at radius 1 is 0.676 bits per heavy atom. The summed E-state index contributed by atoms with van der Waals surface area (Å²) < 4.78 is 28.9. The molecular formula is C48H56N14O9. The van der Waals surface area contributed by atoms with Gasteiger partial charge in [-0.05, 0) is 49.9 Å². The Bertz CT molecular complexity index is 3180. The average molecular weight is 973 g/mol. The van der Waals surface area contributed by atoms with Gasteiger partial charge in [0.2, 0.25) is 0 Å². The number of fused-ring (bicyclic) bond motifs is 4. The standard InChI is InChI=1S/C24H27N7O4.C20H20N6O3.C4H9NO2/c1-25-21-8-18(17-10-30(14-4-3-7-34-11-14)22-15(17)5-2-6-26-22)28-23-16(9-27-31(21)23)24(33)29-19-12-35-13-20(19)32;1-21-17-8-16(24-19-14(20(27)28)9-23-26(17)19)15-10-25(12-4-3-7-29-11-12)18-13(15)5-2-6-22-18;5-3-1-7-2-4(3)6/h2,5-6,8-10,14,19-20,25,32H,3-4,7,11-13H2,1H3,(H,29,33);2,5-6,8-10,12,21H,3-4,7,11H2,1H3,(H,27,28);3-4,6H,1-2,5H2/t14-,19+,20-;12-;3-,4+/m110/s1. The Morgan fingerprint density at radius 3 is 1.63 bits per heavy atom. The van der Waals surface area contributed by atoms with Gasteiger partial charge >= 0.3 is 5.97 Å². The Morgan fingerprint density at radius 2 is 1.20 bits per heavy atom. The summed E-state index contributed by atoms with van der Waals surface area (Å²) in [5.41, 5.74) is 11.3. The number of hydrogen-bond donors (Lipinski definition) is 7. The number of carbonyl (C=O) groups excluding carboxylic acids is 1. The first-order chi connectivity index (χ1) is 34.6. The summed E-state index contributed by atoms with van der Waals surface area (Å²) in [4.78, 5) is 43.4. The number of aromatic carboxylic acids is 1. The third-order valence-electron chi connectivity index (χ3n) is 13.2. The van der Waals surface area contributed by atoms with Gasteiger partial charge in [-0.2, -0.15) is 19.2 Å². The molecule has 6 atom stereocenters. The highest BCUT2D eigenvalue weighted by atomic mass is 16.5. The fourth-order valence-electron chi connectivity index (χ4n) is 9.37. The molecule has 0 unspecified atom stereocenters. The molecule has 0 aromatic carbocycles. The minimum absolute atomic E-state index is 0.0610. The summed E-state index contributed by atoms with van der Waals surface area (Å²) in [6, 6.07) is 11.4. The van der Waals surface area contributed by atoms with Crippen LogP contribution in [0.1, 0.15) is 58.5 Å². The highest BCUT2D eigenvalue weighted by Gasteiger charge is 2.30. The number of hydrogen-bond acceptors (Lipinski definition) is 17. The molecule has 12 heterocycles. The van der Waals surface area contributed by atoms with Crippen LogP contribution in [0.4, 0.5) is 11.6 Å². The van der Waals surface area contributed by atoms with E-state index in [-0.39, 0.29) is 42.8 Å². The van der Waals surface area contributed by atoms with Crippen LogP contribution in [-0.4, -0.2) is 167 Å². The average Bonchev–Trinajstić information content (AvgIpc) is 4.28. The number of nitrogens with one attached hydrogen (secondary N) is 3. The smallest absolute Gasteiger partial charge is 0.341 e.